The molecule has 2 aromatic carbocycles. The molecule has 0 fully saturated rings. The van der Waals surface area contributed by atoms with Gasteiger partial charge in [0.25, 0.3) is 0 Å². The van der Waals surface area contributed by atoms with Crippen molar-refractivity contribution in [2.45, 2.75) is 66.1 Å². The molecule has 0 saturated heterocycles. The fourth-order valence-corrected chi connectivity index (χ4v) is 3.36. The Morgan fingerprint density at radius 1 is 1.10 bits per heavy atom. The van der Waals surface area contributed by atoms with E-state index in [4.69, 9.17) is 11.6 Å². The molecule has 0 aromatic heterocycles. The van der Waals surface area contributed by atoms with Gasteiger partial charge in [-0.3, -0.25) is 9.59 Å². The van der Waals surface area contributed by atoms with Crippen molar-refractivity contribution in [1.29, 1.82) is 0 Å². The minimum absolute atomic E-state index is 0.0877. The molecule has 2 aromatic rings. The third-order valence-corrected chi connectivity index (χ3v) is 4.99. The zero-order valence-corrected chi connectivity index (χ0v) is 18.9. The lowest BCUT2D eigenvalue weighted by atomic mass is 10.0. The van der Waals surface area contributed by atoms with E-state index in [2.05, 4.69) is 5.32 Å². The Morgan fingerprint density at radius 2 is 1.79 bits per heavy atom. The van der Waals surface area contributed by atoms with E-state index in [1.54, 1.807) is 17.9 Å². The molecule has 156 valence electrons. The van der Waals surface area contributed by atoms with Gasteiger partial charge in [0.1, 0.15) is 6.04 Å². The molecule has 0 unspecified atom stereocenters. The third kappa shape index (κ3) is 6.90. The van der Waals surface area contributed by atoms with Crippen LogP contribution in [0.5, 0.6) is 0 Å². The van der Waals surface area contributed by atoms with Crippen molar-refractivity contribution in [1.82, 2.24) is 10.2 Å². The highest BCUT2D eigenvalue weighted by Gasteiger charge is 2.28. The number of hydrogen-bond donors (Lipinski definition) is 1. The average Bonchev–Trinajstić information content (AvgIpc) is 2.60. The minimum Gasteiger partial charge on any atom is -0.350 e. The van der Waals surface area contributed by atoms with Crippen LogP contribution in [0.3, 0.4) is 0 Å². The number of benzene rings is 2. The lowest BCUT2D eigenvalue weighted by Gasteiger charge is -2.31. The van der Waals surface area contributed by atoms with Gasteiger partial charge in [0.05, 0.1) is 6.42 Å². The number of nitrogens with zero attached hydrogens (tertiary/aromatic N) is 1. The molecule has 0 aliphatic rings. The van der Waals surface area contributed by atoms with Crippen LogP contribution in [0.1, 0.15) is 49.9 Å². The summed E-state index contributed by atoms with van der Waals surface area (Å²) in [7, 11) is 0. The summed E-state index contributed by atoms with van der Waals surface area (Å²) in [5, 5.41) is 3.58. The zero-order valence-electron chi connectivity index (χ0n) is 18.2. The summed E-state index contributed by atoms with van der Waals surface area (Å²) in [6, 6.07) is 12.9. The topological polar surface area (TPSA) is 49.4 Å². The van der Waals surface area contributed by atoms with E-state index in [1.807, 2.05) is 71.0 Å². The number of hydrogen-bond acceptors (Lipinski definition) is 2. The molecule has 0 saturated carbocycles. The van der Waals surface area contributed by atoms with E-state index >= 15 is 0 Å². The van der Waals surface area contributed by atoms with Crippen LogP contribution in [0, 0.1) is 13.8 Å². The summed E-state index contributed by atoms with van der Waals surface area (Å²) in [5.41, 5.74) is 3.68. The molecular formula is C24H31ClN2O2. The second kappa shape index (κ2) is 9.45. The van der Waals surface area contributed by atoms with Crippen molar-refractivity contribution in [3.8, 4) is 0 Å². The van der Waals surface area contributed by atoms with Crippen LogP contribution in [0.2, 0.25) is 5.02 Å². The molecule has 1 N–H and O–H groups in total. The Balaban J connectivity index is 2.30. The van der Waals surface area contributed by atoms with Gasteiger partial charge >= 0.3 is 0 Å². The molecule has 2 rings (SSSR count). The van der Waals surface area contributed by atoms with Crippen molar-refractivity contribution in [2.24, 2.45) is 0 Å². The molecule has 0 heterocycles. The summed E-state index contributed by atoms with van der Waals surface area (Å²) < 4.78 is 0. The van der Waals surface area contributed by atoms with Gasteiger partial charge in [0.2, 0.25) is 11.8 Å². The van der Waals surface area contributed by atoms with Gasteiger partial charge in [-0.25, -0.2) is 0 Å². The first-order valence-corrected chi connectivity index (χ1v) is 10.3. The monoisotopic (exact) mass is 414 g/mol. The van der Waals surface area contributed by atoms with Crippen molar-refractivity contribution in [3.05, 3.63) is 69.7 Å². The lowest BCUT2D eigenvalue weighted by Crippen LogP contribution is -2.52. The molecule has 2 amide bonds. The van der Waals surface area contributed by atoms with Crippen LogP contribution in [0.15, 0.2) is 42.5 Å². The number of amides is 2. The Hall–Kier alpha value is -2.33. The first-order chi connectivity index (χ1) is 13.5. The first-order valence-electron chi connectivity index (χ1n) is 9.88. The number of halogens is 1. The normalized spacial score (nSPS) is 12.4. The van der Waals surface area contributed by atoms with Gasteiger partial charge in [0, 0.05) is 17.1 Å². The molecule has 0 aliphatic carbocycles. The fraction of sp³-hybridized carbons (Fsp3) is 0.417. The van der Waals surface area contributed by atoms with Crippen molar-refractivity contribution in [2.75, 3.05) is 0 Å². The lowest BCUT2D eigenvalue weighted by molar-refractivity contribution is -0.140. The first kappa shape index (κ1) is 23.0. The molecule has 5 heteroatoms. The van der Waals surface area contributed by atoms with Gasteiger partial charge in [-0.2, -0.15) is 0 Å². The SMILES string of the molecule is Cc1ccc(C)c(CC(=O)N(Cc2cccc(Cl)c2)[C@H](C)C(=O)NC(C)(C)C)c1. The van der Waals surface area contributed by atoms with Gasteiger partial charge in [-0.15, -0.1) is 0 Å². The van der Waals surface area contributed by atoms with Crippen LogP contribution in [-0.2, 0) is 22.6 Å². The van der Waals surface area contributed by atoms with Gasteiger partial charge in [0.15, 0.2) is 0 Å². The Morgan fingerprint density at radius 3 is 2.41 bits per heavy atom. The van der Waals surface area contributed by atoms with Gasteiger partial charge in [-0.1, -0.05) is 47.5 Å². The maximum atomic E-state index is 13.3. The molecular weight excluding hydrogens is 384 g/mol. The molecule has 4 nitrogen and oxygen atoms in total. The predicted molar refractivity (Wildman–Crippen MR) is 119 cm³/mol. The highest BCUT2D eigenvalue weighted by atomic mass is 35.5. The van der Waals surface area contributed by atoms with Crippen molar-refractivity contribution < 1.29 is 9.59 Å². The minimum atomic E-state index is -0.606. The number of nitrogens with one attached hydrogen (secondary N) is 1. The molecule has 0 bridgehead atoms. The van der Waals surface area contributed by atoms with E-state index in [0.717, 1.165) is 22.3 Å². The van der Waals surface area contributed by atoms with Crippen LogP contribution in [-0.4, -0.2) is 28.3 Å². The number of rotatable bonds is 6. The smallest absolute Gasteiger partial charge is 0.242 e. The molecule has 0 radical (unpaired) electrons. The largest absolute Gasteiger partial charge is 0.350 e. The second-order valence-electron chi connectivity index (χ2n) is 8.67. The fourth-order valence-electron chi connectivity index (χ4n) is 3.14. The summed E-state index contributed by atoms with van der Waals surface area (Å²) in [6.45, 7) is 11.9. The summed E-state index contributed by atoms with van der Waals surface area (Å²) in [5.74, 6) is -0.260. The zero-order chi connectivity index (χ0) is 21.8. The van der Waals surface area contributed by atoms with Crippen molar-refractivity contribution >= 4 is 23.4 Å². The van der Waals surface area contributed by atoms with Crippen LogP contribution in [0.25, 0.3) is 0 Å². The highest BCUT2D eigenvalue weighted by Crippen LogP contribution is 2.18. The standard InChI is InChI=1S/C24H31ClN2O2/c1-16-10-11-17(2)20(12-16)14-22(28)27(15-19-8-7-9-21(25)13-19)18(3)23(29)26-24(4,5)6/h7-13,18H,14-15H2,1-6H3,(H,26,29)/t18-/m1/s1. The predicted octanol–water partition coefficient (Wildman–Crippen LogP) is 4.83. The molecule has 1 atom stereocenters. The van der Waals surface area contributed by atoms with Gasteiger partial charge < -0.3 is 10.2 Å². The number of aryl methyl sites for hydroxylation is 2. The van der Waals surface area contributed by atoms with Crippen molar-refractivity contribution in [3.63, 3.8) is 0 Å². The third-order valence-electron chi connectivity index (χ3n) is 4.75. The quantitative estimate of drug-likeness (QED) is 0.735. The van der Waals surface area contributed by atoms with E-state index in [-0.39, 0.29) is 23.8 Å². The van der Waals surface area contributed by atoms with Gasteiger partial charge in [-0.05, 0) is 70.4 Å². The van der Waals surface area contributed by atoms with Crippen LogP contribution >= 0.6 is 11.6 Å². The van der Waals surface area contributed by atoms with E-state index in [0.29, 0.717) is 11.6 Å². The maximum Gasteiger partial charge on any atom is 0.242 e. The van der Waals surface area contributed by atoms with E-state index in [9.17, 15) is 9.59 Å². The number of carbonyl (C=O) groups excluding carboxylic acids is 2. The Kier molecular flexibility index (Phi) is 7.48. The van der Waals surface area contributed by atoms with Crippen LogP contribution in [0.4, 0.5) is 0 Å². The molecule has 0 spiro atoms. The summed E-state index contributed by atoms with van der Waals surface area (Å²) in [6.07, 6.45) is 0.251. The Labute approximate surface area is 179 Å². The summed E-state index contributed by atoms with van der Waals surface area (Å²) >= 11 is 6.12. The Bertz CT molecular complexity index is 887. The number of carbonyl (C=O) groups is 2. The molecule has 0 aliphatic heterocycles. The molecule has 29 heavy (non-hydrogen) atoms. The average molecular weight is 415 g/mol. The highest BCUT2D eigenvalue weighted by molar-refractivity contribution is 6.30. The van der Waals surface area contributed by atoms with E-state index in [1.165, 1.54) is 0 Å². The van der Waals surface area contributed by atoms with Crippen LogP contribution < -0.4 is 5.32 Å². The summed E-state index contributed by atoms with van der Waals surface area (Å²) in [4.78, 5) is 27.7. The maximum absolute atomic E-state index is 13.3. The second-order valence-corrected chi connectivity index (χ2v) is 9.11. The van der Waals surface area contributed by atoms with E-state index < -0.39 is 6.04 Å².